The van der Waals surface area contributed by atoms with E-state index in [0.29, 0.717) is 24.7 Å². The van der Waals surface area contributed by atoms with Crippen LogP contribution in [0.25, 0.3) is 0 Å². The number of H-pyrrole nitrogens is 1. The van der Waals surface area contributed by atoms with Gasteiger partial charge in [0.1, 0.15) is 5.82 Å². The fraction of sp³-hybridized carbons (Fsp3) is 0.412. The summed E-state index contributed by atoms with van der Waals surface area (Å²) in [6, 6.07) is 6.40. The molecular formula is C17H19FN6O2. The van der Waals surface area contributed by atoms with Crippen LogP contribution < -0.4 is 0 Å². The SMILES string of the molecule is CO[C@@H]1CN(Cc2nc(Cc3cccc(F)c3)no2)C[C@H]1c1cn[nH]n1. The van der Waals surface area contributed by atoms with Gasteiger partial charge in [-0.2, -0.15) is 20.4 Å². The molecule has 0 bridgehead atoms. The standard InChI is InChI=1S/C17H19FN6O2/c1-25-15-9-24(8-13(15)14-7-19-23-21-14)10-17-20-16(22-26-17)6-11-3-2-4-12(18)5-11/h2-5,7,13,15H,6,8-10H2,1H3,(H,19,21,23)/t13-,15+/m0/s1. The summed E-state index contributed by atoms with van der Waals surface area (Å²) in [5.74, 6) is 0.953. The summed E-state index contributed by atoms with van der Waals surface area (Å²) in [4.78, 5) is 6.61. The summed E-state index contributed by atoms with van der Waals surface area (Å²) in [6.07, 6.45) is 2.20. The van der Waals surface area contributed by atoms with Crippen LogP contribution >= 0.6 is 0 Å². The van der Waals surface area contributed by atoms with Crippen molar-refractivity contribution in [2.45, 2.75) is 25.0 Å². The zero-order valence-corrected chi connectivity index (χ0v) is 14.3. The van der Waals surface area contributed by atoms with Crippen molar-refractivity contribution in [1.82, 2.24) is 30.5 Å². The molecule has 0 spiro atoms. The Morgan fingerprint density at radius 1 is 1.38 bits per heavy atom. The molecule has 0 amide bonds. The zero-order chi connectivity index (χ0) is 17.9. The lowest BCUT2D eigenvalue weighted by Gasteiger charge is -2.13. The van der Waals surface area contributed by atoms with Crippen LogP contribution in [0.5, 0.6) is 0 Å². The van der Waals surface area contributed by atoms with Gasteiger partial charge in [-0.3, -0.25) is 4.90 Å². The Kier molecular flexibility index (Phi) is 4.72. The first-order valence-electron chi connectivity index (χ1n) is 8.38. The van der Waals surface area contributed by atoms with Crippen LogP contribution in [0.4, 0.5) is 4.39 Å². The van der Waals surface area contributed by atoms with Crippen molar-refractivity contribution in [3.8, 4) is 0 Å². The molecule has 9 heteroatoms. The summed E-state index contributed by atoms with van der Waals surface area (Å²) in [5.41, 5.74) is 1.70. The van der Waals surface area contributed by atoms with E-state index in [0.717, 1.165) is 24.3 Å². The van der Waals surface area contributed by atoms with Crippen molar-refractivity contribution in [3.63, 3.8) is 0 Å². The number of rotatable bonds is 6. The number of likely N-dealkylation sites (tertiary alicyclic amines) is 1. The fourth-order valence-corrected chi connectivity index (χ4v) is 3.34. The number of ether oxygens (including phenoxy) is 1. The van der Waals surface area contributed by atoms with E-state index in [1.54, 1.807) is 19.4 Å². The van der Waals surface area contributed by atoms with Gasteiger partial charge in [0.15, 0.2) is 5.82 Å². The normalized spacial score (nSPS) is 20.7. The molecule has 3 heterocycles. The maximum absolute atomic E-state index is 13.3. The molecule has 1 fully saturated rings. The van der Waals surface area contributed by atoms with E-state index in [1.807, 2.05) is 6.07 Å². The number of methoxy groups -OCH3 is 1. The van der Waals surface area contributed by atoms with E-state index in [9.17, 15) is 4.39 Å². The lowest BCUT2D eigenvalue weighted by Crippen LogP contribution is -2.22. The maximum atomic E-state index is 13.3. The molecule has 3 aromatic rings. The Bertz CT molecular complexity index is 853. The number of benzene rings is 1. The van der Waals surface area contributed by atoms with Crippen LogP contribution in [0, 0.1) is 5.82 Å². The van der Waals surface area contributed by atoms with Gasteiger partial charge >= 0.3 is 0 Å². The number of aromatic nitrogens is 5. The molecule has 2 atom stereocenters. The lowest BCUT2D eigenvalue weighted by atomic mass is 10.0. The molecule has 1 saturated heterocycles. The maximum Gasteiger partial charge on any atom is 0.240 e. The second kappa shape index (κ2) is 7.30. The highest BCUT2D eigenvalue weighted by Crippen LogP contribution is 2.28. The van der Waals surface area contributed by atoms with Gasteiger partial charge in [0.05, 0.1) is 24.5 Å². The van der Waals surface area contributed by atoms with E-state index in [1.165, 1.54) is 12.1 Å². The van der Waals surface area contributed by atoms with Crippen molar-refractivity contribution in [1.29, 1.82) is 0 Å². The summed E-state index contributed by atoms with van der Waals surface area (Å²) >= 11 is 0. The zero-order valence-electron chi connectivity index (χ0n) is 14.3. The molecule has 1 aromatic carbocycles. The van der Waals surface area contributed by atoms with Crippen LogP contribution in [-0.2, 0) is 17.7 Å². The van der Waals surface area contributed by atoms with Crippen molar-refractivity contribution < 1.29 is 13.7 Å². The summed E-state index contributed by atoms with van der Waals surface area (Å²) in [6.45, 7) is 2.05. The fourth-order valence-electron chi connectivity index (χ4n) is 3.34. The Labute approximate surface area is 149 Å². The van der Waals surface area contributed by atoms with E-state index in [2.05, 4.69) is 30.5 Å². The minimum atomic E-state index is -0.271. The average Bonchev–Trinajstić information content (AvgIpc) is 3.36. The molecular weight excluding hydrogens is 339 g/mol. The molecule has 1 aliphatic heterocycles. The molecule has 136 valence electrons. The van der Waals surface area contributed by atoms with E-state index in [-0.39, 0.29) is 17.8 Å². The highest BCUT2D eigenvalue weighted by atomic mass is 19.1. The number of aromatic amines is 1. The Balaban J connectivity index is 1.40. The van der Waals surface area contributed by atoms with Crippen molar-refractivity contribution in [3.05, 3.63) is 59.3 Å². The first-order chi connectivity index (χ1) is 12.7. The predicted octanol–water partition coefficient (Wildman–Crippen LogP) is 1.53. The average molecular weight is 358 g/mol. The second-order valence-electron chi connectivity index (χ2n) is 6.38. The smallest absolute Gasteiger partial charge is 0.240 e. The van der Waals surface area contributed by atoms with Gasteiger partial charge in [-0.15, -0.1) is 0 Å². The third-order valence-corrected chi connectivity index (χ3v) is 4.58. The first-order valence-corrected chi connectivity index (χ1v) is 8.38. The van der Waals surface area contributed by atoms with Crippen molar-refractivity contribution in [2.75, 3.05) is 20.2 Å². The summed E-state index contributed by atoms with van der Waals surface area (Å²) in [5, 5.41) is 14.7. The molecule has 8 nitrogen and oxygen atoms in total. The number of halogens is 1. The topological polar surface area (TPSA) is 93.0 Å². The minimum Gasteiger partial charge on any atom is -0.379 e. The molecule has 0 unspecified atom stereocenters. The van der Waals surface area contributed by atoms with Gasteiger partial charge in [-0.25, -0.2) is 4.39 Å². The Morgan fingerprint density at radius 3 is 3.08 bits per heavy atom. The molecule has 1 N–H and O–H groups in total. The van der Waals surface area contributed by atoms with Crippen LogP contribution in [0.1, 0.15) is 28.9 Å². The van der Waals surface area contributed by atoms with E-state index >= 15 is 0 Å². The monoisotopic (exact) mass is 358 g/mol. The number of hydrogen-bond donors (Lipinski definition) is 1. The van der Waals surface area contributed by atoms with Crippen molar-refractivity contribution >= 4 is 0 Å². The Morgan fingerprint density at radius 2 is 2.31 bits per heavy atom. The minimum absolute atomic E-state index is 0.0368. The Hall–Kier alpha value is -2.65. The van der Waals surface area contributed by atoms with Gasteiger partial charge in [0, 0.05) is 32.5 Å². The van der Waals surface area contributed by atoms with Crippen LogP contribution in [0.2, 0.25) is 0 Å². The number of nitrogens with zero attached hydrogens (tertiary/aromatic N) is 5. The second-order valence-corrected chi connectivity index (χ2v) is 6.38. The predicted molar refractivity (Wildman–Crippen MR) is 88.7 cm³/mol. The molecule has 0 radical (unpaired) electrons. The van der Waals surface area contributed by atoms with Gasteiger partial charge in [-0.1, -0.05) is 17.3 Å². The molecule has 2 aromatic heterocycles. The number of hydrogen-bond acceptors (Lipinski definition) is 7. The summed E-state index contributed by atoms with van der Waals surface area (Å²) in [7, 11) is 1.70. The van der Waals surface area contributed by atoms with Gasteiger partial charge in [0.25, 0.3) is 0 Å². The van der Waals surface area contributed by atoms with Crippen LogP contribution in [-0.4, -0.2) is 56.8 Å². The molecule has 4 rings (SSSR count). The molecule has 0 aliphatic carbocycles. The largest absolute Gasteiger partial charge is 0.379 e. The van der Waals surface area contributed by atoms with Gasteiger partial charge in [0.2, 0.25) is 5.89 Å². The summed E-state index contributed by atoms with van der Waals surface area (Å²) < 4.78 is 24.2. The van der Waals surface area contributed by atoms with Crippen LogP contribution in [0.3, 0.4) is 0 Å². The first kappa shape index (κ1) is 16.8. The van der Waals surface area contributed by atoms with E-state index < -0.39 is 0 Å². The quantitative estimate of drug-likeness (QED) is 0.714. The van der Waals surface area contributed by atoms with Crippen molar-refractivity contribution in [2.24, 2.45) is 0 Å². The van der Waals surface area contributed by atoms with Gasteiger partial charge < -0.3 is 9.26 Å². The third-order valence-electron chi connectivity index (χ3n) is 4.58. The molecule has 1 aliphatic rings. The van der Waals surface area contributed by atoms with E-state index in [4.69, 9.17) is 9.26 Å². The third kappa shape index (κ3) is 3.63. The van der Waals surface area contributed by atoms with Gasteiger partial charge in [-0.05, 0) is 17.7 Å². The van der Waals surface area contributed by atoms with Crippen LogP contribution in [0.15, 0.2) is 35.0 Å². The lowest BCUT2D eigenvalue weighted by molar-refractivity contribution is 0.0946. The highest BCUT2D eigenvalue weighted by molar-refractivity contribution is 5.19. The molecule has 26 heavy (non-hydrogen) atoms. The molecule has 0 saturated carbocycles. The highest BCUT2D eigenvalue weighted by Gasteiger charge is 2.36. The number of nitrogens with one attached hydrogen (secondary N) is 1.